The second kappa shape index (κ2) is 5.42. The minimum atomic E-state index is -0.448. The number of amides is 1. The molecule has 2 aliphatic rings. The standard InChI is InChI=1S/C18H13NO5/c1-22-18(21)11-5-6-12-13(17(20)19-14(12)8-11)7-10-3-2-4-15-16(10)24-9-23-15/h2-8H,9H2,1H3,(H,19,20). The summed E-state index contributed by atoms with van der Waals surface area (Å²) in [6.07, 6.45) is 1.76. The lowest BCUT2D eigenvalue weighted by Gasteiger charge is -2.04. The molecule has 0 aliphatic carbocycles. The maximum Gasteiger partial charge on any atom is 0.337 e. The maximum atomic E-state index is 12.3. The molecule has 0 aromatic heterocycles. The lowest BCUT2D eigenvalue weighted by molar-refractivity contribution is -0.110. The van der Waals surface area contributed by atoms with Gasteiger partial charge in [0, 0.05) is 22.4 Å². The fourth-order valence-electron chi connectivity index (χ4n) is 2.80. The number of nitrogens with one attached hydrogen (secondary N) is 1. The Balaban J connectivity index is 1.78. The van der Waals surface area contributed by atoms with E-state index < -0.39 is 5.97 Å². The third-order valence-electron chi connectivity index (χ3n) is 3.95. The number of fused-ring (bicyclic) bond motifs is 2. The van der Waals surface area contributed by atoms with Crippen molar-refractivity contribution in [2.45, 2.75) is 0 Å². The van der Waals surface area contributed by atoms with Crippen LogP contribution in [0.2, 0.25) is 0 Å². The van der Waals surface area contributed by atoms with Gasteiger partial charge in [0.05, 0.1) is 12.7 Å². The molecule has 6 nitrogen and oxygen atoms in total. The van der Waals surface area contributed by atoms with Crippen molar-refractivity contribution in [3.8, 4) is 11.5 Å². The van der Waals surface area contributed by atoms with Gasteiger partial charge in [-0.15, -0.1) is 0 Å². The molecule has 0 spiro atoms. The van der Waals surface area contributed by atoms with Crippen molar-refractivity contribution in [1.82, 2.24) is 0 Å². The third kappa shape index (κ3) is 2.20. The molecule has 24 heavy (non-hydrogen) atoms. The Morgan fingerprint density at radius 2 is 2.12 bits per heavy atom. The monoisotopic (exact) mass is 323 g/mol. The average Bonchev–Trinajstić information content (AvgIpc) is 3.19. The van der Waals surface area contributed by atoms with Crippen LogP contribution < -0.4 is 14.8 Å². The highest BCUT2D eigenvalue weighted by Crippen LogP contribution is 2.39. The molecule has 0 bridgehead atoms. The Bertz CT molecular complexity index is 900. The number of ether oxygens (including phenoxy) is 3. The summed E-state index contributed by atoms with van der Waals surface area (Å²) in [7, 11) is 1.32. The van der Waals surface area contributed by atoms with Gasteiger partial charge in [-0.2, -0.15) is 0 Å². The van der Waals surface area contributed by atoms with Gasteiger partial charge in [-0.05, 0) is 24.3 Å². The lowest BCUT2D eigenvalue weighted by Crippen LogP contribution is -2.04. The first kappa shape index (κ1) is 14.3. The van der Waals surface area contributed by atoms with E-state index in [0.717, 1.165) is 11.1 Å². The van der Waals surface area contributed by atoms with E-state index in [0.29, 0.717) is 28.3 Å². The number of carbonyl (C=O) groups excluding carboxylic acids is 2. The Hall–Kier alpha value is -3.28. The zero-order valence-corrected chi connectivity index (χ0v) is 12.8. The Morgan fingerprint density at radius 3 is 2.96 bits per heavy atom. The van der Waals surface area contributed by atoms with Gasteiger partial charge in [-0.25, -0.2) is 4.79 Å². The first-order valence-corrected chi connectivity index (χ1v) is 7.32. The molecule has 0 saturated carbocycles. The van der Waals surface area contributed by atoms with Crippen molar-refractivity contribution in [2.24, 2.45) is 0 Å². The van der Waals surface area contributed by atoms with Crippen molar-refractivity contribution in [3.63, 3.8) is 0 Å². The molecule has 2 heterocycles. The predicted octanol–water partition coefficient (Wildman–Crippen LogP) is 2.69. The van der Waals surface area contributed by atoms with Crippen LogP contribution in [0.3, 0.4) is 0 Å². The first-order valence-electron chi connectivity index (χ1n) is 7.32. The molecule has 6 heteroatoms. The van der Waals surface area contributed by atoms with E-state index in [1.54, 1.807) is 24.3 Å². The molecule has 120 valence electrons. The van der Waals surface area contributed by atoms with Gasteiger partial charge in [-0.3, -0.25) is 4.79 Å². The van der Waals surface area contributed by atoms with Crippen molar-refractivity contribution in [2.75, 3.05) is 19.2 Å². The number of methoxy groups -OCH3 is 1. The van der Waals surface area contributed by atoms with Crippen LogP contribution in [0.4, 0.5) is 5.69 Å². The molecule has 0 saturated heterocycles. The summed E-state index contributed by atoms with van der Waals surface area (Å²) in [5.74, 6) is 0.598. The molecule has 1 N–H and O–H groups in total. The number of carbonyl (C=O) groups is 2. The van der Waals surface area contributed by atoms with Crippen molar-refractivity contribution in [1.29, 1.82) is 0 Å². The molecule has 4 rings (SSSR count). The van der Waals surface area contributed by atoms with E-state index in [9.17, 15) is 9.59 Å². The van der Waals surface area contributed by atoms with E-state index in [2.05, 4.69) is 5.32 Å². The molecule has 0 unspecified atom stereocenters. The first-order chi connectivity index (χ1) is 11.7. The van der Waals surface area contributed by atoms with E-state index >= 15 is 0 Å². The minimum absolute atomic E-state index is 0.167. The highest BCUT2D eigenvalue weighted by molar-refractivity contribution is 6.35. The topological polar surface area (TPSA) is 73.9 Å². The van der Waals surface area contributed by atoms with Gasteiger partial charge >= 0.3 is 5.97 Å². The molecule has 1 amide bonds. The number of rotatable bonds is 2. The Kier molecular flexibility index (Phi) is 3.23. The van der Waals surface area contributed by atoms with Crippen LogP contribution in [0.15, 0.2) is 36.4 Å². The van der Waals surface area contributed by atoms with Gasteiger partial charge in [0.15, 0.2) is 11.5 Å². The van der Waals surface area contributed by atoms with E-state index in [1.165, 1.54) is 7.11 Å². The SMILES string of the molecule is COC(=O)c1ccc2c(c1)NC(=O)C2=Cc1cccc2c1OCO2. The number of benzene rings is 2. The van der Waals surface area contributed by atoms with Crippen molar-refractivity contribution >= 4 is 29.2 Å². The summed E-state index contributed by atoms with van der Waals surface area (Å²) in [5, 5.41) is 2.77. The molecular weight excluding hydrogens is 310 g/mol. The summed E-state index contributed by atoms with van der Waals surface area (Å²) in [5.41, 5.74) is 2.96. The number of hydrogen-bond acceptors (Lipinski definition) is 5. The van der Waals surface area contributed by atoms with Gasteiger partial charge in [-0.1, -0.05) is 18.2 Å². The molecule has 0 radical (unpaired) electrons. The number of esters is 1. The van der Waals surface area contributed by atoms with Crippen molar-refractivity contribution < 1.29 is 23.8 Å². The fraction of sp³-hybridized carbons (Fsp3) is 0.111. The average molecular weight is 323 g/mol. The van der Waals surface area contributed by atoms with Crippen LogP contribution in [0.25, 0.3) is 11.6 Å². The van der Waals surface area contributed by atoms with Gasteiger partial charge in [0.25, 0.3) is 5.91 Å². The zero-order valence-electron chi connectivity index (χ0n) is 12.8. The zero-order chi connectivity index (χ0) is 16.7. The van der Waals surface area contributed by atoms with Gasteiger partial charge < -0.3 is 19.5 Å². The van der Waals surface area contributed by atoms with E-state index in [-0.39, 0.29) is 12.7 Å². The van der Waals surface area contributed by atoms with E-state index in [4.69, 9.17) is 14.2 Å². The summed E-state index contributed by atoms with van der Waals surface area (Å²) in [4.78, 5) is 23.9. The quantitative estimate of drug-likeness (QED) is 0.679. The number of hydrogen-bond donors (Lipinski definition) is 1. The third-order valence-corrected chi connectivity index (χ3v) is 3.95. The predicted molar refractivity (Wildman–Crippen MR) is 86.8 cm³/mol. The maximum absolute atomic E-state index is 12.3. The van der Waals surface area contributed by atoms with E-state index in [1.807, 2.05) is 18.2 Å². The molecule has 2 aromatic carbocycles. The number of para-hydroxylation sites is 1. The number of anilines is 1. The lowest BCUT2D eigenvalue weighted by atomic mass is 10.0. The van der Waals surface area contributed by atoms with Crippen LogP contribution in [0, 0.1) is 0 Å². The summed E-state index contributed by atoms with van der Waals surface area (Å²) in [6, 6.07) is 10.5. The van der Waals surface area contributed by atoms with Gasteiger partial charge in [0.2, 0.25) is 6.79 Å². The fourth-order valence-corrected chi connectivity index (χ4v) is 2.80. The summed E-state index contributed by atoms with van der Waals surface area (Å²) < 4.78 is 15.5. The second-order valence-electron chi connectivity index (χ2n) is 5.35. The molecule has 2 aliphatic heterocycles. The molecule has 2 aromatic rings. The van der Waals surface area contributed by atoms with Crippen molar-refractivity contribution in [3.05, 3.63) is 53.1 Å². The highest BCUT2D eigenvalue weighted by atomic mass is 16.7. The van der Waals surface area contributed by atoms with Crippen LogP contribution in [-0.4, -0.2) is 25.8 Å². The largest absolute Gasteiger partial charge is 0.465 e. The van der Waals surface area contributed by atoms with Crippen LogP contribution in [0.1, 0.15) is 21.5 Å². The second-order valence-corrected chi connectivity index (χ2v) is 5.35. The smallest absolute Gasteiger partial charge is 0.337 e. The highest BCUT2D eigenvalue weighted by Gasteiger charge is 2.26. The summed E-state index contributed by atoms with van der Waals surface area (Å²) >= 11 is 0. The van der Waals surface area contributed by atoms with Gasteiger partial charge in [0.1, 0.15) is 0 Å². The van der Waals surface area contributed by atoms with Crippen LogP contribution in [0.5, 0.6) is 11.5 Å². The molecule has 0 atom stereocenters. The molecule has 0 fully saturated rings. The Labute approximate surface area is 137 Å². The normalized spacial score (nSPS) is 16.0. The summed E-state index contributed by atoms with van der Waals surface area (Å²) in [6.45, 7) is 0.167. The van der Waals surface area contributed by atoms with Crippen LogP contribution >= 0.6 is 0 Å². The molecular formula is C18H13NO5. The minimum Gasteiger partial charge on any atom is -0.465 e. The Morgan fingerprint density at radius 1 is 1.25 bits per heavy atom. The van der Waals surface area contributed by atoms with Crippen LogP contribution in [-0.2, 0) is 9.53 Å².